The molecule has 5 rings (SSSR count). The normalized spacial score (nSPS) is 14.8. The number of carbonyl (C=O) groups is 1. The highest BCUT2D eigenvalue weighted by Gasteiger charge is 2.35. The average molecular weight is 490 g/mol. The minimum absolute atomic E-state index is 0.0555. The van der Waals surface area contributed by atoms with E-state index in [1.165, 1.54) is 39.5 Å². The van der Waals surface area contributed by atoms with E-state index in [4.69, 9.17) is 23.4 Å². The molecule has 0 saturated carbocycles. The van der Waals surface area contributed by atoms with Crippen molar-refractivity contribution in [1.82, 2.24) is 0 Å². The molecule has 2 heterocycles. The number of aromatic hydroxyl groups is 2. The van der Waals surface area contributed by atoms with Gasteiger partial charge in [-0.2, -0.15) is 0 Å². The summed E-state index contributed by atoms with van der Waals surface area (Å²) in [7, 11) is 4.46. The Morgan fingerprint density at radius 1 is 0.861 bits per heavy atom. The molecule has 2 N–H and O–H groups in total. The molecule has 184 valence electrons. The second kappa shape index (κ2) is 8.84. The molecule has 3 aromatic carbocycles. The number of fused-ring (bicyclic) bond motifs is 3. The maximum Gasteiger partial charge on any atom is 0.312 e. The van der Waals surface area contributed by atoms with Crippen molar-refractivity contribution < 1.29 is 38.4 Å². The molecular weight excluding hydrogens is 468 g/mol. The summed E-state index contributed by atoms with van der Waals surface area (Å²) in [5, 5.41) is 20.8. The number of hydrogen-bond donors (Lipinski definition) is 2. The van der Waals surface area contributed by atoms with E-state index in [1.807, 2.05) is 0 Å². The summed E-state index contributed by atoms with van der Waals surface area (Å²) >= 11 is 0. The van der Waals surface area contributed by atoms with Crippen molar-refractivity contribution >= 4 is 16.9 Å². The van der Waals surface area contributed by atoms with Crippen LogP contribution in [0.2, 0.25) is 0 Å². The maximum atomic E-state index is 13.2. The van der Waals surface area contributed by atoms with E-state index < -0.39 is 17.3 Å². The highest BCUT2D eigenvalue weighted by molar-refractivity contribution is 5.93. The number of benzene rings is 3. The number of hydrogen-bond acceptors (Lipinski definition) is 9. The van der Waals surface area contributed by atoms with Crippen LogP contribution >= 0.6 is 0 Å². The third-order valence-electron chi connectivity index (χ3n) is 6.20. The van der Waals surface area contributed by atoms with Gasteiger partial charge in [0.1, 0.15) is 39.7 Å². The van der Waals surface area contributed by atoms with Crippen molar-refractivity contribution in [2.24, 2.45) is 0 Å². The third kappa shape index (κ3) is 3.74. The lowest BCUT2D eigenvalue weighted by Crippen LogP contribution is -2.22. The number of ether oxygens (including phenoxy) is 4. The van der Waals surface area contributed by atoms with Crippen LogP contribution < -0.4 is 24.4 Å². The Bertz CT molecular complexity index is 1570. The van der Waals surface area contributed by atoms with Gasteiger partial charge in [-0.25, -0.2) is 0 Å². The van der Waals surface area contributed by atoms with E-state index in [2.05, 4.69) is 0 Å². The van der Waals surface area contributed by atoms with Gasteiger partial charge in [-0.15, -0.1) is 0 Å². The first-order valence-corrected chi connectivity index (χ1v) is 11.0. The number of esters is 1. The summed E-state index contributed by atoms with van der Waals surface area (Å²) < 4.78 is 27.6. The fraction of sp³-hybridized carbons (Fsp3) is 0.185. The number of carbonyl (C=O) groups excluding carboxylic acids is 1. The molecule has 1 atom stereocenters. The average Bonchev–Trinajstić information content (AvgIpc) is 2.87. The molecule has 1 aromatic heterocycles. The highest BCUT2D eigenvalue weighted by atomic mass is 16.5. The Kier molecular flexibility index (Phi) is 5.68. The van der Waals surface area contributed by atoms with E-state index >= 15 is 0 Å². The van der Waals surface area contributed by atoms with Gasteiger partial charge in [0.15, 0.2) is 16.9 Å². The molecule has 0 bridgehead atoms. The molecule has 0 spiro atoms. The SMILES string of the molecule is COc1ccc(OC)c([C@@H]2CC(=O)Oc3cc(O)c4c(=O)cc(-c5ccc(OC)c(O)c5)oc4c32)c1. The second-order valence-electron chi connectivity index (χ2n) is 8.21. The Balaban J connectivity index is 1.81. The highest BCUT2D eigenvalue weighted by Crippen LogP contribution is 2.48. The summed E-state index contributed by atoms with van der Waals surface area (Å²) in [6.45, 7) is 0. The Morgan fingerprint density at radius 3 is 2.31 bits per heavy atom. The lowest BCUT2D eigenvalue weighted by Gasteiger charge is -2.27. The molecule has 4 aromatic rings. The van der Waals surface area contributed by atoms with Crippen LogP contribution in [-0.2, 0) is 4.79 Å². The van der Waals surface area contributed by atoms with Crippen LogP contribution in [0.4, 0.5) is 0 Å². The molecule has 0 amide bonds. The van der Waals surface area contributed by atoms with Gasteiger partial charge in [-0.1, -0.05) is 0 Å². The van der Waals surface area contributed by atoms with Gasteiger partial charge in [0.2, 0.25) is 0 Å². The lowest BCUT2D eigenvalue weighted by atomic mass is 9.84. The molecule has 9 heteroatoms. The molecule has 0 unspecified atom stereocenters. The minimum Gasteiger partial charge on any atom is -0.507 e. The molecule has 0 saturated heterocycles. The van der Waals surface area contributed by atoms with E-state index in [-0.39, 0.29) is 46.1 Å². The topological polar surface area (TPSA) is 125 Å². The van der Waals surface area contributed by atoms with Crippen molar-refractivity contribution in [3.63, 3.8) is 0 Å². The molecule has 1 aliphatic rings. The quantitative estimate of drug-likeness (QED) is 0.310. The zero-order chi connectivity index (χ0) is 25.6. The fourth-order valence-corrected chi connectivity index (χ4v) is 4.52. The first-order valence-electron chi connectivity index (χ1n) is 11.0. The molecular formula is C27H22O9. The van der Waals surface area contributed by atoms with Crippen molar-refractivity contribution in [2.75, 3.05) is 21.3 Å². The first-order chi connectivity index (χ1) is 17.3. The Morgan fingerprint density at radius 2 is 1.61 bits per heavy atom. The van der Waals surface area contributed by atoms with Gasteiger partial charge >= 0.3 is 5.97 Å². The Hall–Kier alpha value is -4.66. The van der Waals surface area contributed by atoms with Crippen LogP contribution in [0.1, 0.15) is 23.5 Å². The molecule has 1 aliphatic heterocycles. The van der Waals surface area contributed by atoms with Crippen LogP contribution in [0.15, 0.2) is 57.7 Å². The number of methoxy groups -OCH3 is 3. The van der Waals surface area contributed by atoms with Gasteiger partial charge in [-0.3, -0.25) is 9.59 Å². The second-order valence-corrected chi connectivity index (χ2v) is 8.21. The number of rotatable bonds is 5. The molecule has 9 nitrogen and oxygen atoms in total. The maximum absolute atomic E-state index is 13.2. The zero-order valence-corrected chi connectivity index (χ0v) is 19.7. The summed E-state index contributed by atoms with van der Waals surface area (Å²) in [6.07, 6.45) is -0.0618. The van der Waals surface area contributed by atoms with Crippen LogP contribution in [0.3, 0.4) is 0 Å². The summed E-state index contributed by atoms with van der Waals surface area (Å²) in [5.74, 6) is -0.140. The first kappa shape index (κ1) is 23.1. The predicted molar refractivity (Wildman–Crippen MR) is 129 cm³/mol. The summed E-state index contributed by atoms with van der Waals surface area (Å²) in [6, 6.07) is 12.2. The monoisotopic (exact) mass is 490 g/mol. The molecule has 0 aliphatic carbocycles. The van der Waals surface area contributed by atoms with Crippen LogP contribution in [0, 0.1) is 0 Å². The largest absolute Gasteiger partial charge is 0.507 e. The molecule has 0 fully saturated rings. The Labute approximate surface area is 205 Å². The number of phenolic OH excluding ortho intramolecular Hbond substituents is 2. The zero-order valence-electron chi connectivity index (χ0n) is 19.7. The van der Waals surface area contributed by atoms with Gasteiger partial charge in [-0.05, 0) is 36.4 Å². The van der Waals surface area contributed by atoms with Gasteiger partial charge in [0, 0.05) is 34.7 Å². The van der Waals surface area contributed by atoms with Crippen molar-refractivity contribution in [3.05, 3.63) is 69.9 Å². The fourth-order valence-electron chi connectivity index (χ4n) is 4.52. The standard InChI is InChI=1S/C27H22O9/c1-32-14-5-7-20(33-2)15(9-14)16-10-24(31)35-23-12-19(30)26-18(29)11-22(36-27(26)25(16)23)13-4-6-21(34-3)17(28)8-13/h4-9,11-12,16,28,30H,10H2,1-3H3/t16-/m0/s1. The minimum atomic E-state index is -0.628. The van der Waals surface area contributed by atoms with E-state index in [0.29, 0.717) is 28.2 Å². The van der Waals surface area contributed by atoms with Crippen LogP contribution in [0.25, 0.3) is 22.3 Å². The summed E-state index contributed by atoms with van der Waals surface area (Å²) in [4.78, 5) is 25.7. The van der Waals surface area contributed by atoms with E-state index in [1.54, 1.807) is 30.3 Å². The van der Waals surface area contributed by atoms with Crippen molar-refractivity contribution in [1.29, 1.82) is 0 Å². The van der Waals surface area contributed by atoms with Crippen LogP contribution in [-0.4, -0.2) is 37.5 Å². The summed E-state index contributed by atoms with van der Waals surface area (Å²) in [5.41, 5.74) is 0.996. The molecule has 0 radical (unpaired) electrons. The predicted octanol–water partition coefficient (Wildman–Crippen LogP) is 4.34. The van der Waals surface area contributed by atoms with Gasteiger partial charge in [0.25, 0.3) is 0 Å². The van der Waals surface area contributed by atoms with Crippen molar-refractivity contribution in [2.45, 2.75) is 12.3 Å². The van der Waals surface area contributed by atoms with Crippen LogP contribution in [0.5, 0.6) is 34.5 Å². The van der Waals surface area contributed by atoms with E-state index in [0.717, 1.165) is 0 Å². The number of phenols is 2. The molecule has 36 heavy (non-hydrogen) atoms. The smallest absolute Gasteiger partial charge is 0.312 e. The van der Waals surface area contributed by atoms with Gasteiger partial charge in [0.05, 0.1) is 27.8 Å². The van der Waals surface area contributed by atoms with Crippen molar-refractivity contribution in [3.8, 4) is 45.8 Å². The lowest BCUT2D eigenvalue weighted by molar-refractivity contribution is -0.135. The van der Waals surface area contributed by atoms with E-state index in [9.17, 15) is 19.8 Å². The van der Waals surface area contributed by atoms with Gasteiger partial charge < -0.3 is 33.6 Å². The third-order valence-corrected chi connectivity index (χ3v) is 6.20.